The summed E-state index contributed by atoms with van der Waals surface area (Å²) in [5, 5.41) is 21.7. The lowest BCUT2D eigenvalue weighted by Gasteiger charge is -2.54. The maximum Gasteiger partial charge on any atom is 0.432 e. The quantitative estimate of drug-likeness (QED) is 0.445. The monoisotopic (exact) mass is 473 g/mol. The average molecular weight is 473 g/mol. The van der Waals surface area contributed by atoms with Crippen molar-refractivity contribution >= 4 is 11.9 Å². The Hall–Kier alpha value is -2.38. The van der Waals surface area contributed by atoms with Gasteiger partial charge >= 0.3 is 24.3 Å². The maximum absolute atomic E-state index is 14.0. The molecule has 0 spiro atoms. The minimum absolute atomic E-state index is 0.365. The van der Waals surface area contributed by atoms with Crippen LogP contribution in [0.3, 0.4) is 0 Å². The molecule has 1 aliphatic heterocycles. The number of esters is 2. The van der Waals surface area contributed by atoms with E-state index in [-0.39, 0.29) is 5.56 Å². The minimum Gasteiger partial charge on any atom is -0.466 e. The molecule has 1 heterocycles. The van der Waals surface area contributed by atoms with Crippen LogP contribution in [0.4, 0.5) is 26.3 Å². The Balaban J connectivity index is 2.93. The van der Waals surface area contributed by atoms with Gasteiger partial charge in [-0.3, -0.25) is 9.59 Å². The standard InChI is InChI=1S/C19H21F6NO6/c1-3-31-14(27)12-11(10-8-6-5-7-9-10)13(15(28)32-4-2)17(30,19(23,24)25)26-16(12,29)18(20,21)22/h5-9,11-13,26,29-30H,3-4H2,1-2H3. The van der Waals surface area contributed by atoms with Crippen LogP contribution < -0.4 is 5.32 Å². The SMILES string of the molecule is CCOC(=O)C1C(c2ccccc2)C(C(=O)OCC)C(O)(C(F)(F)F)NC1(O)C(F)(F)F. The molecule has 1 fully saturated rings. The van der Waals surface area contributed by atoms with Crippen molar-refractivity contribution in [2.24, 2.45) is 11.8 Å². The van der Waals surface area contributed by atoms with E-state index >= 15 is 0 Å². The summed E-state index contributed by atoms with van der Waals surface area (Å²) in [7, 11) is 0. The highest BCUT2D eigenvalue weighted by Gasteiger charge is 2.78. The van der Waals surface area contributed by atoms with Crippen LogP contribution in [0.1, 0.15) is 25.3 Å². The van der Waals surface area contributed by atoms with Gasteiger partial charge in [0.2, 0.25) is 11.4 Å². The predicted molar refractivity (Wildman–Crippen MR) is 94.6 cm³/mol. The van der Waals surface area contributed by atoms with E-state index in [2.05, 4.69) is 9.47 Å². The zero-order valence-electron chi connectivity index (χ0n) is 16.8. The molecule has 0 aromatic heterocycles. The zero-order valence-corrected chi connectivity index (χ0v) is 16.8. The number of hydrogen-bond donors (Lipinski definition) is 3. The Morgan fingerprint density at radius 2 is 1.25 bits per heavy atom. The molecule has 0 amide bonds. The van der Waals surface area contributed by atoms with Gasteiger partial charge in [-0.2, -0.15) is 26.3 Å². The number of halogens is 6. The summed E-state index contributed by atoms with van der Waals surface area (Å²) in [6.07, 6.45) is -11.8. The lowest BCUT2D eigenvalue weighted by atomic mass is 9.64. The Kier molecular flexibility index (Phi) is 7.17. The largest absolute Gasteiger partial charge is 0.466 e. The topological polar surface area (TPSA) is 105 Å². The Labute approximate surface area is 178 Å². The second kappa shape index (κ2) is 8.87. The van der Waals surface area contributed by atoms with Gasteiger partial charge in [-0.1, -0.05) is 30.3 Å². The third-order valence-corrected chi connectivity index (χ3v) is 5.13. The van der Waals surface area contributed by atoms with Gasteiger partial charge < -0.3 is 19.7 Å². The number of piperidine rings is 1. The van der Waals surface area contributed by atoms with Crippen molar-refractivity contribution < 1.29 is 55.6 Å². The van der Waals surface area contributed by atoms with E-state index in [0.29, 0.717) is 0 Å². The van der Waals surface area contributed by atoms with Gasteiger partial charge in [0.15, 0.2) is 0 Å². The molecule has 1 saturated heterocycles. The van der Waals surface area contributed by atoms with Crippen molar-refractivity contribution in [3.8, 4) is 0 Å². The molecule has 32 heavy (non-hydrogen) atoms. The molecule has 1 aromatic rings. The number of aliphatic hydroxyl groups is 2. The summed E-state index contributed by atoms with van der Waals surface area (Å²) < 4.78 is 93.0. The van der Waals surface area contributed by atoms with E-state index in [1.54, 1.807) is 0 Å². The van der Waals surface area contributed by atoms with Crippen LogP contribution in [0.15, 0.2) is 30.3 Å². The fraction of sp³-hybridized carbons (Fsp3) is 0.579. The number of hydrogen-bond acceptors (Lipinski definition) is 7. The molecule has 3 N–H and O–H groups in total. The third kappa shape index (κ3) is 4.28. The molecule has 180 valence electrons. The van der Waals surface area contributed by atoms with E-state index in [9.17, 15) is 46.1 Å². The summed E-state index contributed by atoms with van der Waals surface area (Å²) in [5.74, 6) is -11.4. The second-order valence-corrected chi connectivity index (χ2v) is 7.05. The fourth-order valence-corrected chi connectivity index (χ4v) is 3.81. The lowest BCUT2D eigenvalue weighted by Crippen LogP contribution is -2.81. The molecule has 4 unspecified atom stereocenters. The highest BCUT2D eigenvalue weighted by molar-refractivity contribution is 5.81. The zero-order chi connectivity index (χ0) is 24.5. The normalized spacial score (nSPS) is 31.1. The van der Waals surface area contributed by atoms with Crippen LogP contribution in [0.25, 0.3) is 0 Å². The van der Waals surface area contributed by atoms with Gasteiger partial charge in [0, 0.05) is 5.92 Å². The summed E-state index contributed by atoms with van der Waals surface area (Å²) in [6.45, 7) is 1.51. The van der Waals surface area contributed by atoms with Crippen molar-refractivity contribution in [3.05, 3.63) is 35.9 Å². The van der Waals surface area contributed by atoms with Crippen LogP contribution in [0.2, 0.25) is 0 Å². The first-order valence-corrected chi connectivity index (χ1v) is 9.41. The van der Waals surface area contributed by atoms with E-state index < -0.39 is 66.7 Å². The van der Waals surface area contributed by atoms with Gasteiger partial charge in [0.05, 0.1) is 13.2 Å². The molecule has 7 nitrogen and oxygen atoms in total. The molecule has 0 radical (unpaired) electrons. The first-order valence-electron chi connectivity index (χ1n) is 9.41. The highest BCUT2D eigenvalue weighted by Crippen LogP contribution is 2.55. The highest BCUT2D eigenvalue weighted by atomic mass is 19.4. The molecule has 13 heteroatoms. The Bertz CT molecular complexity index is 784. The van der Waals surface area contributed by atoms with Crippen molar-refractivity contribution in [1.29, 1.82) is 0 Å². The van der Waals surface area contributed by atoms with E-state index in [1.165, 1.54) is 32.0 Å². The molecule has 0 aliphatic carbocycles. The molecule has 2 rings (SSSR count). The molecule has 0 bridgehead atoms. The van der Waals surface area contributed by atoms with Crippen molar-refractivity contribution in [1.82, 2.24) is 5.32 Å². The van der Waals surface area contributed by atoms with E-state index in [0.717, 1.165) is 17.4 Å². The van der Waals surface area contributed by atoms with Crippen LogP contribution in [-0.2, 0) is 19.1 Å². The molecule has 1 aliphatic rings. The number of nitrogens with one attached hydrogen (secondary N) is 1. The predicted octanol–water partition coefficient (Wildman–Crippen LogP) is 2.23. The molecule has 4 atom stereocenters. The van der Waals surface area contributed by atoms with E-state index in [1.807, 2.05) is 0 Å². The number of ether oxygens (including phenoxy) is 2. The van der Waals surface area contributed by atoms with Crippen LogP contribution in [0.5, 0.6) is 0 Å². The van der Waals surface area contributed by atoms with Crippen molar-refractivity contribution in [3.63, 3.8) is 0 Å². The van der Waals surface area contributed by atoms with Gasteiger partial charge in [0.1, 0.15) is 11.8 Å². The molecular formula is C19H21F6NO6. The summed E-state index contributed by atoms with van der Waals surface area (Å²) in [5.41, 5.74) is -9.60. The summed E-state index contributed by atoms with van der Waals surface area (Å²) in [6, 6.07) is 5.97. The smallest absolute Gasteiger partial charge is 0.432 e. The number of carbonyl (C=O) groups is 2. The minimum atomic E-state index is -5.91. The number of rotatable bonds is 5. The van der Waals surface area contributed by atoms with Gasteiger partial charge in [-0.15, -0.1) is 0 Å². The number of carbonyl (C=O) groups excluding carboxylic acids is 2. The van der Waals surface area contributed by atoms with E-state index in [4.69, 9.17) is 0 Å². The maximum atomic E-state index is 14.0. The van der Waals surface area contributed by atoms with Crippen LogP contribution in [0, 0.1) is 11.8 Å². The fourth-order valence-electron chi connectivity index (χ4n) is 3.81. The molecule has 1 aromatic carbocycles. The van der Waals surface area contributed by atoms with Gasteiger partial charge in [-0.05, 0) is 19.4 Å². The third-order valence-electron chi connectivity index (χ3n) is 5.13. The number of benzene rings is 1. The van der Waals surface area contributed by atoms with Gasteiger partial charge in [-0.25, -0.2) is 5.32 Å². The Morgan fingerprint density at radius 1 is 0.875 bits per heavy atom. The van der Waals surface area contributed by atoms with Crippen molar-refractivity contribution in [2.45, 2.75) is 43.6 Å². The molecular weight excluding hydrogens is 452 g/mol. The van der Waals surface area contributed by atoms with Crippen molar-refractivity contribution in [2.75, 3.05) is 13.2 Å². The molecule has 0 saturated carbocycles. The first kappa shape index (κ1) is 25.9. The average Bonchev–Trinajstić information content (AvgIpc) is 2.66. The van der Waals surface area contributed by atoms with Crippen LogP contribution >= 0.6 is 0 Å². The second-order valence-electron chi connectivity index (χ2n) is 7.05. The van der Waals surface area contributed by atoms with Crippen LogP contribution in [-0.4, -0.2) is 59.2 Å². The lowest BCUT2D eigenvalue weighted by molar-refractivity contribution is -0.376. The number of alkyl halides is 6. The first-order chi connectivity index (χ1) is 14.7. The summed E-state index contributed by atoms with van der Waals surface area (Å²) in [4.78, 5) is 25.2. The Morgan fingerprint density at radius 3 is 1.56 bits per heavy atom. The van der Waals surface area contributed by atoms with Gasteiger partial charge in [0.25, 0.3) is 0 Å². The summed E-state index contributed by atoms with van der Waals surface area (Å²) >= 11 is 0.